The van der Waals surface area contributed by atoms with Crippen molar-refractivity contribution < 1.29 is 19.4 Å². The van der Waals surface area contributed by atoms with Crippen LogP contribution in [0.2, 0.25) is 0 Å². The molecule has 1 N–H and O–H groups in total. The van der Waals surface area contributed by atoms with E-state index < -0.39 is 5.97 Å². The molecule has 5 nitrogen and oxygen atoms in total. The third-order valence-corrected chi connectivity index (χ3v) is 4.25. The van der Waals surface area contributed by atoms with Gasteiger partial charge in [-0.25, -0.2) is 0 Å². The van der Waals surface area contributed by atoms with Gasteiger partial charge in [0, 0.05) is 21.8 Å². The summed E-state index contributed by atoms with van der Waals surface area (Å²) in [7, 11) is 0. The molecule has 0 saturated carbocycles. The number of carboxylic acid groups (broad SMARTS) is 1. The van der Waals surface area contributed by atoms with Crippen LogP contribution in [0, 0.1) is 0 Å². The van der Waals surface area contributed by atoms with Gasteiger partial charge in [-0.2, -0.15) is 0 Å². The fourth-order valence-electron chi connectivity index (χ4n) is 3.14. The number of nitrogens with zero attached hydrogens (tertiary/aromatic N) is 1. The normalized spacial score (nSPS) is 13.1. The topological polar surface area (TPSA) is 66.8 Å². The van der Waals surface area contributed by atoms with Gasteiger partial charge in [0.05, 0.1) is 18.6 Å². The second kappa shape index (κ2) is 6.43. The van der Waals surface area contributed by atoms with Crippen LogP contribution in [0.4, 0.5) is 5.69 Å². The minimum Gasteiger partial charge on any atom is -0.493 e. The Morgan fingerprint density at radius 2 is 1.88 bits per heavy atom. The van der Waals surface area contributed by atoms with Gasteiger partial charge in [0.15, 0.2) is 0 Å². The maximum Gasteiger partial charge on any atom is 0.307 e. The number of carbonyl (C=O) groups excluding carboxylic acids is 1. The molecule has 0 spiro atoms. The van der Waals surface area contributed by atoms with Gasteiger partial charge in [-0.1, -0.05) is 18.7 Å². The highest BCUT2D eigenvalue weighted by Crippen LogP contribution is 2.25. The number of carboxylic acids is 1. The third kappa shape index (κ3) is 2.89. The number of fused-ring (bicyclic) bond motifs is 1. The van der Waals surface area contributed by atoms with Crippen LogP contribution in [0.3, 0.4) is 0 Å². The highest BCUT2D eigenvalue weighted by Gasteiger charge is 2.28. The summed E-state index contributed by atoms with van der Waals surface area (Å²) in [5.74, 6) is -0.330. The molecule has 0 saturated heterocycles. The Kier molecular flexibility index (Phi) is 4.31. The first kappa shape index (κ1) is 16.8. The molecule has 0 aliphatic carbocycles. The van der Waals surface area contributed by atoms with Crippen molar-refractivity contribution >= 4 is 29.8 Å². The van der Waals surface area contributed by atoms with E-state index in [0.29, 0.717) is 34.4 Å². The van der Waals surface area contributed by atoms with Crippen molar-refractivity contribution in [3.05, 3.63) is 58.0 Å². The lowest BCUT2D eigenvalue weighted by Gasteiger charge is -2.18. The fraction of sp³-hybridized carbons (Fsp3) is 0.200. The van der Waals surface area contributed by atoms with Crippen molar-refractivity contribution in [3.63, 3.8) is 0 Å². The first-order chi connectivity index (χ1) is 11.9. The molecule has 5 heteroatoms. The molecular weight excluding hydrogens is 318 g/mol. The summed E-state index contributed by atoms with van der Waals surface area (Å²) in [6, 6.07) is 10.5. The fourth-order valence-corrected chi connectivity index (χ4v) is 3.14. The Morgan fingerprint density at radius 1 is 1.20 bits per heavy atom. The largest absolute Gasteiger partial charge is 0.493 e. The predicted octanol–water partition coefficient (Wildman–Crippen LogP) is 1.91. The standard InChI is InChI=1S/C20H19NO4/c1-4-25-17-10-9-16-19(12(17)2)13(3)21(20(16)24)15-7-5-14(6-8-15)11-18(22)23/h5-10H,2,4,11H2,1,3H3,(H,22,23). The van der Waals surface area contributed by atoms with E-state index in [1.54, 1.807) is 41.3 Å². The molecule has 1 heterocycles. The highest BCUT2D eigenvalue weighted by molar-refractivity contribution is 6.16. The molecule has 0 bridgehead atoms. The zero-order valence-corrected chi connectivity index (χ0v) is 14.2. The molecule has 25 heavy (non-hydrogen) atoms. The van der Waals surface area contributed by atoms with Gasteiger partial charge in [-0.15, -0.1) is 0 Å². The van der Waals surface area contributed by atoms with Crippen LogP contribution in [0.25, 0.3) is 12.3 Å². The summed E-state index contributed by atoms with van der Waals surface area (Å²) < 4.78 is 5.58. The number of hydrogen-bond donors (Lipinski definition) is 1. The molecule has 0 aromatic heterocycles. The van der Waals surface area contributed by atoms with Crippen LogP contribution >= 0.6 is 0 Å². The van der Waals surface area contributed by atoms with Crippen molar-refractivity contribution in [2.75, 3.05) is 11.5 Å². The molecule has 128 valence electrons. The van der Waals surface area contributed by atoms with Gasteiger partial charge < -0.3 is 9.84 Å². The monoisotopic (exact) mass is 337 g/mol. The zero-order chi connectivity index (χ0) is 18.1. The van der Waals surface area contributed by atoms with Crippen molar-refractivity contribution in [1.82, 2.24) is 0 Å². The number of carbonyl (C=O) groups is 2. The lowest BCUT2D eigenvalue weighted by atomic mass is 10.1. The van der Waals surface area contributed by atoms with E-state index in [9.17, 15) is 9.59 Å². The lowest BCUT2D eigenvalue weighted by molar-refractivity contribution is -0.136. The van der Waals surface area contributed by atoms with Gasteiger partial charge in [0.1, 0.15) is 5.75 Å². The van der Waals surface area contributed by atoms with Crippen molar-refractivity contribution in [2.24, 2.45) is 0 Å². The average molecular weight is 337 g/mol. The molecule has 1 aliphatic heterocycles. The van der Waals surface area contributed by atoms with Crippen LogP contribution in [-0.2, 0) is 11.2 Å². The summed E-state index contributed by atoms with van der Waals surface area (Å²) in [6.45, 7) is 8.39. The van der Waals surface area contributed by atoms with Crippen molar-refractivity contribution in [1.29, 1.82) is 0 Å². The minimum absolute atomic E-state index is 0.0438. The number of ether oxygens (including phenoxy) is 1. The minimum atomic E-state index is -0.884. The molecule has 0 radical (unpaired) electrons. The maximum atomic E-state index is 12.8. The summed E-state index contributed by atoms with van der Waals surface area (Å²) in [5, 5.41) is 10.4. The number of benzene rings is 2. The van der Waals surface area contributed by atoms with E-state index in [4.69, 9.17) is 9.84 Å². The predicted molar refractivity (Wildman–Crippen MR) is 96.1 cm³/mol. The molecule has 1 aliphatic rings. The quantitative estimate of drug-likeness (QED) is 0.905. The van der Waals surface area contributed by atoms with E-state index in [-0.39, 0.29) is 12.3 Å². The van der Waals surface area contributed by atoms with E-state index in [0.717, 1.165) is 10.9 Å². The Bertz CT molecular complexity index is 960. The molecule has 3 rings (SSSR count). The Morgan fingerprint density at radius 3 is 2.48 bits per heavy atom. The molecule has 0 atom stereocenters. The van der Waals surface area contributed by atoms with Crippen LogP contribution in [0.5, 0.6) is 5.75 Å². The summed E-state index contributed by atoms with van der Waals surface area (Å²) in [6.07, 6.45) is -0.0438. The molecule has 2 aromatic carbocycles. The van der Waals surface area contributed by atoms with E-state index in [1.165, 1.54) is 0 Å². The molecule has 2 aromatic rings. The first-order valence-electron chi connectivity index (χ1n) is 8.05. The Labute approximate surface area is 145 Å². The SMILES string of the molecule is C=c1c(OCC)ccc2c1=C(C)N(c1ccc(CC(=O)O)cc1)C2=O. The van der Waals surface area contributed by atoms with Gasteiger partial charge in [0.2, 0.25) is 0 Å². The Balaban J connectivity index is 2.05. The number of amides is 1. The van der Waals surface area contributed by atoms with Gasteiger partial charge in [-0.3, -0.25) is 14.5 Å². The highest BCUT2D eigenvalue weighted by atomic mass is 16.5. The maximum absolute atomic E-state index is 12.8. The average Bonchev–Trinajstić information content (AvgIpc) is 2.82. The van der Waals surface area contributed by atoms with E-state index in [1.807, 2.05) is 13.8 Å². The lowest BCUT2D eigenvalue weighted by Crippen LogP contribution is -2.28. The van der Waals surface area contributed by atoms with Gasteiger partial charge >= 0.3 is 5.97 Å². The molecular formula is C20H19NO4. The number of aliphatic carboxylic acids is 1. The molecule has 0 fully saturated rings. The van der Waals surface area contributed by atoms with Gasteiger partial charge in [-0.05, 0) is 43.7 Å². The Hall–Kier alpha value is -3.08. The van der Waals surface area contributed by atoms with Crippen LogP contribution in [-0.4, -0.2) is 23.6 Å². The van der Waals surface area contributed by atoms with Crippen LogP contribution < -0.4 is 20.1 Å². The molecule has 1 amide bonds. The molecule has 0 unspecified atom stereocenters. The number of rotatable bonds is 5. The smallest absolute Gasteiger partial charge is 0.307 e. The van der Waals surface area contributed by atoms with E-state index >= 15 is 0 Å². The summed E-state index contributed by atoms with van der Waals surface area (Å²) >= 11 is 0. The first-order valence-corrected chi connectivity index (χ1v) is 8.05. The van der Waals surface area contributed by atoms with Crippen LogP contribution in [0.15, 0.2) is 36.4 Å². The third-order valence-electron chi connectivity index (χ3n) is 4.25. The second-order valence-corrected chi connectivity index (χ2v) is 5.86. The second-order valence-electron chi connectivity index (χ2n) is 5.86. The van der Waals surface area contributed by atoms with Crippen molar-refractivity contribution in [3.8, 4) is 5.75 Å². The van der Waals surface area contributed by atoms with E-state index in [2.05, 4.69) is 6.58 Å². The zero-order valence-electron chi connectivity index (χ0n) is 14.2. The van der Waals surface area contributed by atoms with Gasteiger partial charge in [0.25, 0.3) is 5.91 Å². The van der Waals surface area contributed by atoms with Crippen molar-refractivity contribution in [2.45, 2.75) is 20.3 Å². The summed E-state index contributed by atoms with van der Waals surface area (Å²) in [4.78, 5) is 25.3. The summed E-state index contributed by atoms with van der Waals surface area (Å²) in [5.41, 5.74) is 2.78. The van der Waals surface area contributed by atoms with Crippen LogP contribution in [0.1, 0.15) is 29.8 Å². The number of hydrogen-bond acceptors (Lipinski definition) is 3. The number of anilines is 1.